The van der Waals surface area contributed by atoms with Gasteiger partial charge in [0, 0.05) is 5.41 Å². The van der Waals surface area contributed by atoms with Crippen molar-refractivity contribution in [3.63, 3.8) is 0 Å². The maximum absolute atomic E-state index is 2.52. The number of aryl methyl sites for hydroxylation is 1. The van der Waals surface area contributed by atoms with Gasteiger partial charge in [0.05, 0.1) is 0 Å². The summed E-state index contributed by atoms with van der Waals surface area (Å²) < 4.78 is 0. The van der Waals surface area contributed by atoms with Crippen molar-refractivity contribution >= 4 is 18.5 Å². The third-order valence-corrected chi connectivity index (χ3v) is 8.92. The molecular weight excluding hydrogens is 367 g/mol. The molecule has 0 nitrogen and oxygen atoms in total. The van der Waals surface area contributed by atoms with Crippen LogP contribution in [0.5, 0.6) is 0 Å². The van der Waals surface area contributed by atoms with Crippen molar-refractivity contribution in [1.29, 1.82) is 0 Å². The highest BCUT2D eigenvalue weighted by Gasteiger charge is 2.36. The third kappa shape index (κ3) is 3.11. The number of allylic oxidation sites excluding steroid dienone is 4. The Hall–Kier alpha value is -2.43. The van der Waals surface area contributed by atoms with Crippen LogP contribution in [-0.2, 0) is 5.41 Å². The van der Waals surface area contributed by atoms with E-state index in [1.807, 2.05) is 0 Å². The van der Waals surface area contributed by atoms with Gasteiger partial charge < -0.3 is 0 Å². The maximum Gasteiger partial charge on any atom is 0.0159 e. The largest absolute Gasteiger partial charge is 0.0842 e. The van der Waals surface area contributed by atoms with E-state index < -0.39 is 7.92 Å². The lowest BCUT2D eigenvalue weighted by Crippen LogP contribution is -2.19. The van der Waals surface area contributed by atoms with E-state index >= 15 is 0 Å². The molecule has 2 aliphatic carbocycles. The molecule has 3 aromatic rings. The molecule has 0 radical (unpaired) electrons. The molecule has 2 aliphatic rings. The maximum atomic E-state index is 2.52. The third-order valence-electron chi connectivity index (χ3n) is 6.37. The van der Waals surface area contributed by atoms with E-state index in [1.54, 1.807) is 5.31 Å². The van der Waals surface area contributed by atoms with Crippen molar-refractivity contribution in [3.8, 4) is 11.1 Å². The molecule has 5 rings (SSSR count). The lowest BCUT2D eigenvalue weighted by Gasteiger charge is -2.26. The van der Waals surface area contributed by atoms with E-state index in [0.717, 1.165) is 12.8 Å². The van der Waals surface area contributed by atoms with Gasteiger partial charge in [0.1, 0.15) is 0 Å². The predicted molar refractivity (Wildman–Crippen MR) is 128 cm³/mol. The molecule has 0 aromatic heterocycles. The molecule has 1 unspecified atom stereocenters. The van der Waals surface area contributed by atoms with E-state index in [0.29, 0.717) is 0 Å². The van der Waals surface area contributed by atoms with Crippen molar-refractivity contribution < 1.29 is 0 Å². The number of hydrogen-bond donors (Lipinski definition) is 0. The lowest BCUT2D eigenvalue weighted by atomic mass is 9.82. The Bertz CT molecular complexity index is 1130. The molecule has 29 heavy (non-hydrogen) atoms. The monoisotopic (exact) mass is 394 g/mol. The van der Waals surface area contributed by atoms with Crippen molar-refractivity contribution in [2.45, 2.75) is 39.0 Å². The van der Waals surface area contributed by atoms with Crippen molar-refractivity contribution in [3.05, 3.63) is 107 Å². The zero-order valence-electron chi connectivity index (χ0n) is 17.4. The molecule has 0 fully saturated rings. The predicted octanol–water partition coefficient (Wildman–Crippen LogP) is 6.97. The van der Waals surface area contributed by atoms with E-state index in [-0.39, 0.29) is 5.41 Å². The highest BCUT2D eigenvalue weighted by atomic mass is 31.1. The quantitative estimate of drug-likeness (QED) is 0.421. The van der Waals surface area contributed by atoms with Gasteiger partial charge in [0.15, 0.2) is 0 Å². The number of benzene rings is 3. The van der Waals surface area contributed by atoms with Crippen molar-refractivity contribution in [2.75, 3.05) is 0 Å². The molecule has 3 aromatic carbocycles. The average Bonchev–Trinajstić information content (AvgIpc) is 2.96. The van der Waals surface area contributed by atoms with Crippen LogP contribution in [0.1, 0.15) is 43.4 Å². The lowest BCUT2D eigenvalue weighted by molar-refractivity contribution is 0.660. The minimum Gasteiger partial charge on any atom is -0.0842 e. The van der Waals surface area contributed by atoms with Crippen LogP contribution in [0.4, 0.5) is 0 Å². The molecule has 0 amide bonds. The van der Waals surface area contributed by atoms with Crippen LogP contribution < -0.4 is 10.6 Å². The Morgan fingerprint density at radius 3 is 2.24 bits per heavy atom. The molecule has 144 valence electrons. The summed E-state index contributed by atoms with van der Waals surface area (Å²) in [4.78, 5) is 0. The smallest absolute Gasteiger partial charge is 0.0159 e. The van der Waals surface area contributed by atoms with Gasteiger partial charge in [-0.05, 0) is 71.9 Å². The average molecular weight is 394 g/mol. The van der Waals surface area contributed by atoms with E-state index in [1.165, 1.54) is 38.4 Å². The summed E-state index contributed by atoms with van der Waals surface area (Å²) in [6.07, 6.45) is 9.20. The topological polar surface area (TPSA) is 0 Å². The zero-order chi connectivity index (χ0) is 20.0. The summed E-state index contributed by atoms with van der Waals surface area (Å²) in [5.41, 5.74) is 7.15. The Morgan fingerprint density at radius 2 is 1.52 bits per heavy atom. The molecule has 0 N–H and O–H groups in total. The van der Waals surface area contributed by atoms with Gasteiger partial charge >= 0.3 is 0 Å². The molecule has 0 heterocycles. The first kappa shape index (κ1) is 18.6. The summed E-state index contributed by atoms with van der Waals surface area (Å²) in [5.74, 6) is 0. The minimum atomic E-state index is -0.489. The van der Waals surface area contributed by atoms with Crippen molar-refractivity contribution in [1.82, 2.24) is 0 Å². The van der Waals surface area contributed by atoms with E-state index in [9.17, 15) is 0 Å². The van der Waals surface area contributed by atoms with Crippen LogP contribution in [0.15, 0.2) is 90.3 Å². The standard InChI is InChI=1S/C28H27P/c1-20-14-16-24-25-17-15-23(19-27(25)28(2,3)26(24)18-20)29(21-10-6-4-7-11-21)22-12-8-5-9-13-22/h4-8,10-12,14-19H,9,13H2,1-3H3. The summed E-state index contributed by atoms with van der Waals surface area (Å²) in [5, 5.41) is 4.51. The van der Waals surface area contributed by atoms with E-state index in [4.69, 9.17) is 0 Å². The summed E-state index contributed by atoms with van der Waals surface area (Å²) in [6, 6.07) is 25.3. The minimum absolute atomic E-state index is 0.0469. The fraction of sp³-hybridized carbons (Fsp3) is 0.214. The van der Waals surface area contributed by atoms with Crippen LogP contribution in [0.25, 0.3) is 11.1 Å². The van der Waals surface area contributed by atoms with E-state index in [2.05, 4.69) is 106 Å². The first-order valence-electron chi connectivity index (χ1n) is 10.5. The summed E-state index contributed by atoms with van der Waals surface area (Å²) >= 11 is 0. The van der Waals surface area contributed by atoms with Crippen LogP contribution in [0, 0.1) is 6.92 Å². The number of fused-ring (bicyclic) bond motifs is 3. The van der Waals surface area contributed by atoms with Gasteiger partial charge in [-0.25, -0.2) is 0 Å². The van der Waals surface area contributed by atoms with Gasteiger partial charge in [-0.2, -0.15) is 0 Å². The normalized spacial score (nSPS) is 17.4. The van der Waals surface area contributed by atoms with Crippen LogP contribution in [-0.4, -0.2) is 0 Å². The Morgan fingerprint density at radius 1 is 0.793 bits per heavy atom. The Balaban J connectivity index is 1.67. The molecule has 1 heteroatoms. The second-order valence-electron chi connectivity index (χ2n) is 8.70. The van der Waals surface area contributed by atoms with Gasteiger partial charge in [-0.15, -0.1) is 0 Å². The molecule has 0 saturated carbocycles. The fourth-order valence-corrected chi connectivity index (χ4v) is 7.31. The molecule has 0 saturated heterocycles. The highest BCUT2D eigenvalue weighted by molar-refractivity contribution is 7.76. The molecule has 0 aliphatic heterocycles. The molecule has 1 atom stereocenters. The second kappa shape index (κ2) is 7.12. The van der Waals surface area contributed by atoms with Gasteiger partial charge in [0.25, 0.3) is 0 Å². The Kier molecular flexibility index (Phi) is 4.56. The van der Waals surface area contributed by atoms with Crippen LogP contribution in [0.3, 0.4) is 0 Å². The fourth-order valence-electron chi connectivity index (χ4n) is 4.81. The van der Waals surface area contributed by atoms with Gasteiger partial charge in [-0.1, -0.05) is 98.3 Å². The van der Waals surface area contributed by atoms with Crippen LogP contribution in [0.2, 0.25) is 0 Å². The first-order chi connectivity index (χ1) is 14.1. The van der Waals surface area contributed by atoms with Gasteiger partial charge in [-0.3, -0.25) is 0 Å². The number of hydrogen-bond acceptors (Lipinski definition) is 0. The first-order valence-corrected chi connectivity index (χ1v) is 11.9. The van der Waals surface area contributed by atoms with Gasteiger partial charge in [0.2, 0.25) is 0 Å². The zero-order valence-corrected chi connectivity index (χ0v) is 18.3. The SMILES string of the molecule is Cc1ccc2c(c1)C(C)(C)c1cc(P(C3=CC=CCC3)c3ccccc3)ccc1-2. The highest BCUT2D eigenvalue weighted by Crippen LogP contribution is 2.51. The number of rotatable bonds is 3. The second-order valence-corrected chi connectivity index (χ2v) is 11.0. The van der Waals surface area contributed by atoms with Crippen LogP contribution >= 0.6 is 7.92 Å². The summed E-state index contributed by atoms with van der Waals surface area (Å²) in [7, 11) is -0.489. The molecule has 0 bridgehead atoms. The Labute approximate surface area is 175 Å². The molecular formula is C28H27P. The summed E-state index contributed by atoms with van der Waals surface area (Å²) in [6.45, 7) is 6.96. The van der Waals surface area contributed by atoms with Crippen molar-refractivity contribution in [2.24, 2.45) is 0 Å². The molecule has 0 spiro atoms.